The summed E-state index contributed by atoms with van der Waals surface area (Å²) in [6, 6.07) is 6.02. The second-order valence-electron chi connectivity index (χ2n) is 7.33. The average Bonchev–Trinajstić information content (AvgIpc) is 3.00. The van der Waals surface area contributed by atoms with Gasteiger partial charge < -0.3 is 23.9 Å². The van der Waals surface area contributed by atoms with Crippen molar-refractivity contribution >= 4 is 16.9 Å². The fourth-order valence-electron chi connectivity index (χ4n) is 4.27. The van der Waals surface area contributed by atoms with Crippen molar-refractivity contribution in [3.8, 4) is 28.4 Å². The Bertz CT molecular complexity index is 1100. The Labute approximate surface area is 169 Å². The van der Waals surface area contributed by atoms with Gasteiger partial charge in [-0.15, -0.1) is 0 Å². The summed E-state index contributed by atoms with van der Waals surface area (Å²) in [5.41, 5.74) is 5.94. The maximum atomic E-state index is 11.9. The lowest BCUT2D eigenvalue weighted by Crippen LogP contribution is -2.26. The molecule has 1 N–H and O–H groups in total. The normalized spacial score (nSPS) is 15.3. The minimum atomic E-state index is -0.133. The molecule has 6 nitrogen and oxygen atoms in total. The number of nitrogens with one attached hydrogen (secondary N) is 1. The van der Waals surface area contributed by atoms with E-state index < -0.39 is 0 Å². The van der Waals surface area contributed by atoms with Crippen LogP contribution in [-0.4, -0.2) is 27.2 Å². The van der Waals surface area contributed by atoms with Gasteiger partial charge in [0.05, 0.1) is 33.6 Å². The SMILES string of the molecule is COc1cc2c(c(OC)c1OC)-c1cc3c(C)coc3cc1[C@@H](NC(C)=O)CC2. The molecule has 1 aliphatic carbocycles. The van der Waals surface area contributed by atoms with Crippen LogP contribution in [0.1, 0.15) is 36.1 Å². The molecule has 152 valence electrons. The maximum Gasteiger partial charge on any atom is 0.217 e. The Morgan fingerprint density at radius 2 is 1.86 bits per heavy atom. The minimum absolute atomic E-state index is 0.0650. The summed E-state index contributed by atoms with van der Waals surface area (Å²) in [6.07, 6.45) is 3.26. The van der Waals surface area contributed by atoms with Crippen LogP contribution in [-0.2, 0) is 11.2 Å². The van der Waals surface area contributed by atoms with Crippen molar-refractivity contribution in [2.75, 3.05) is 21.3 Å². The molecule has 29 heavy (non-hydrogen) atoms. The number of hydrogen-bond acceptors (Lipinski definition) is 5. The molecule has 1 heterocycles. The van der Waals surface area contributed by atoms with E-state index in [1.807, 2.05) is 19.1 Å². The standard InChI is InChI=1S/C23H25NO5/c1-12-11-29-19-10-16-17(9-15(12)19)21-14(6-7-18(16)24-13(2)25)8-20(26-3)22(27-4)23(21)28-5/h8-11,18H,6-7H2,1-5H3,(H,24,25)/t18-/m0/s1. The van der Waals surface area contributed by atoms with Gasteiger partial charge in [-0.05, 0) is 60.2 Å². The number of carbonyl (C=O) groups is 1. The van der Waals surface area contributed by atoms with E-state index in [9.17, 15) is 4.79 Å². The molecule has 0 fully saturated rings. The van der Waals surface area contributed by atoms with Gasteiger partial charge in [0.15, 0.2) is 11.5 Å². The first-order valence-electron chi connectivity index (χ1n) is 9.59. The monoisotopic (exact) mass is 395 g/mol. The van der Waals surface area contributed by atoms with Gasteiger partial charge in [0, 0.05) is 17.9 Å². The molecule has 0 unspecified atom stereocenters. The fourth-order valence-corrected chi connectivity index (χ4v) is 4.27. The largest absolute Gasteiger partial charge is 0.493 e. The van der Waals surface area contributed by atoms with Gasteiger partial charge in [0.2, 0.25) is 11.7 Å². The zero-order valence-electron chi connectivity index (χ0n) is 17.3. The predicted octanol–water partition coefficient (Wildman–Crippen LogP) is 4.56. The molecule has 0 aliphatic heterocycles. The van der Waals surface area contributed by atoms with Crippen molar-refractivity contribution < 1.29 is 23.4 Å². The van der Waals surface area contributed by atoms with Crippen LogP contribution in [0.15, 0.2) is 28.9 Å². The summed E-state index contributed by atoms with van der Waals surface area (Å²) in [6.45, 7) is 3.56. The second kappa shape index (κ2) is 7.35. The molecule has 0 saturated carbocycles. The Morgan fingerprint density at radius 1 is 1.10 bits per heavy atom. The number of rotatable bonds is 4. The number of fused-ring (bicyclic) bond motifs is 4. The quantitative estimate of drug-likeness (QED) is 0.701. The third-order valence-electron chi connectivity index (χ3n) is 5.58. The van der Waals surface area contributed by atoms with E-state index >= 15 is 0 Å². The van der Waals surface area contributed by atoms with Gasteiger partial charge in [0.1, 0.15) is 5.58 Å². The maximum absolute atomic E-state index is 11.9. The van der Waals surface area contributed by atoms with Gasteiger partial charge >= 0.3 is 0 Å². The summed E-state index contributed by atoms with van der Waals surface area (Å²) >= 11 is 0. The molecule has 2 aromatic carbocycles. The van der Waals surface area contributed by atoms with E-state index in [0.717, 1.165) is 51.6 Å². The van der Waals surface area contributed by atoms with E-state index in [1.165, 1.54) is 0 Å². The van der Waals surface area contributed by atoms with Crippen LogP contribution in [0.2, 0.25) is 0 Å². The fraction of sp³-hybridized carbons (Fsp3) is 0.348. The van der Waals surface area contributed by atoms with Crippen molar-refractivity contribution in [1.29, 1.82) is 0 Å². The smallest absolute Gasteiger partial charge is 0.217 e. The van der Waals surface area contributed by atoms with E-state index in [4.69, 9.17) is 18.6 Å². The molecule has 3 aromatic rings. The summed E-state index contributed by atoms with van der Waals surface area (Å²) < 4.78 is 22.7. The van der Waals surface area contributed by atoms with Crippen molar-refractivity contribution in [2.24, 2.45) is 0 Å². The number of hydrogen-bond donors (Lipinski definition) is 1. The van der Waals surface area contributed by atoms with Crippen molar-refractivity contribution in [1.82, 2.24) is 5.32 Å². The van der Waals surface area contributed by atoms with Crippen LogP contribution < -0.4 is 19.5 Å². The zero-order chi connectivity index (χ0) is 20.7. The van der Waals surface area contributed by atoms with E-state index in [2.05, 4.69) is 11.4 Å². The summed E-state index contributed by atoms with van der Waals surface area (Å²) in [4.78, 5) is 11.9. The topological polar surface area (TPSA) is 69.9 Å². The predicted molar refractivity (Wildman–Crippen MR) is 111 cm³/mol. The van der Waals surface area contributed by atoms with Crippen LogP contribution in [0.3, 0.4) is 0 Å². The molecule has 1 atom stereocenters. The van der Waals surface area contributed by atoms with Gasteiger partial charge in [-0.3, -0.25) is 4.79 Å². The van der Waals surface area contributed by atoms with Crippen LogP contribution in [0, 0.1) is 6.92 Å². The summed E-state index contributed by atoms with van der Waals surface area (Å²) in [7, 11) is 4.86. The van der Waals surface area contributed by atoms with Gasteiger partial charge in [-0.25, -0.2) is 0 Å². The average molecular weight is 395 g/mol. The number of furan rings is 1. The van der Waals surface area contributed by atoms with Crippen molar-refractivity contribution in [2.45, 2.75) is 32.7 Å². The van der Waals surface area contributed by atoms with Gasteiger partial charge in [-0.1, -0.05) is 0 Å². The first-order valence-corrected chi connectivity index (χ1v) is 9.59. The molecule has 6 heteroatoms. The van der Waals surface area contributed by atoms with Crippen molar-refractivity contribution in [3.05, 3.63) is 41.2 Å². The van der Waals surface area contributed by atoms with Crippen LogP contribution in [0.4, 0.5) is 0 Å². The van der Waals surface area contributed by atoms with Crippen LogP contribution in [0.25, 0.3) is 22.1 Å². The highest BCUT2D eigenvalue weighted by Crippen LogP contribution is 2.51. The first-order chi connectivity index (χ1) is 14.0. The molecule has 0 spiro atoms. The molecular weight excluding hydrogens is 370 g/mol. The van der Waals surface area contributed by atoms with Gasteiger partial charge in [-0.2, -0.15) is 0 Å². The lowest BCUT2D eigenvalue weighted by Gasteiger charge is -2.21. The number of aryl methyl sites for hydroxylation is 2. The number of methoxy groups -OCH3 is 3. The molecule has 1 amide bonds. The van der Waals surface area contributed by atoms with Gasteiger partial charge in [0.25, 0.3) is 0 Å². The minimum Gasteiger partial charge on any atom is -0.493 e. The lowest BCUT2D eigenvalue weighted by atomic mass is 9.92. The van der Waals surface area contributed by atoms with Crippen LogP contribution in [0.5, 0.6) is 17.2 Å². The number of carbonyl (C=O) groups excluding carboxylic acids is 1. The number of amides is 1. The lowest BCUT2D eigenvalue weighted by molar-refractivity contribution is -0.119. The molecule has 1 aliphatic rings. The zero-order valence-corrected chi connectivity index (χ0v) is 17.3. The molecule has 1 aromatic heterocycles. The molecule has 0 bridgehead atoms. The summed E-state index contributed by atoms with van der Waals surface area (Å²) in [5.74, 6) is 1.75. The summed E-state index contributed by atoms with van der Waals surface area (Å²) in [5, 5.41) is 4.13. The number of benzene rings is 2. The van der Waals surface area contributed by atoms with Crippen LogP contribution >= 0.6 is 0 Å². The Kier molecular flexibility index (Phi) is 4.86. The van der Waals surface area contributed by atoms with E-state index in [1.54, 1.807) is 34.5 Å². The molecule has 0 saturated heterocycles. The third kappa shape index (κ3) is 3.09. The highest BCUT2D eigenvalue weighted by atomic mass is 16.5. The molecule has 4 rings (SSSR count). The van der Waals surface area contributed by atoms with Crippen molar-refractivity contribution in [3.63, 3.8) is 0 Å². The van der Waals surface area contributed by atoms with E-state index in [0.29, 0.717) is 17.2 Å². The number of ether oxygens (including phenoxy) is 3. The molecular formula is C23H25NO5. The Balaban J connectivity index is 2.08. The molecule has 0 radical (unpaired) electrons. The second-order valence-corrected chi connectivity index (χ2v) is 7.33. The highest BCUT2D eigenvalue weighted by Gasteiger charge is 2.30. The highest BCUT2D eigenvalue weighted by molar-refractivity contribution is 5.92. The Hall–Kier alpha value is -3.15. The first kappa shape index (κ1) is 19.2. The van der Waals surface area contributed by atoms with E-state index in [-0.39, 0.29) is 11.9 Å². The Morgan fingerprint density at radius 3 is 2.52 bits per heavy atom. The third-order valence-corrected chi connectivity index (χ3v) is 5.58.